The van der Waals surface area contributed by atoms with Crippen molar-refractivity contribution in [3.05, 3.63) is 65.9 Å². The molecular formula is C27H35N7. The van der Waals surface area contributed by atoms with E-state index >= 15 is 0 Å². The third-order valence-electron chi connectivity index (χ3n) is 6.92. The Bertz CT molecular complexity index is 1080. The number of likely N-dealkylation sites (N-methyl/N-ethyl adjacent to an activating group) is 1. The van der Waals surface area contributed by atoms with Gasteiger partial charge in [-0.1, -0.05) is 12.1 Å². The van der Waals surface area contributed by atoms with Crippen LogP contribution in [-0.4, -0.2) is 61.2 Å². The van der Waals surface area contributed by atoms with Crippen LogP contribution in [0.2, 0.25) is 0 Å². The molecule has 0 aliphatic carbocycles. The fourth-order valence-electron chi connectivity index (χ4n) is 4.74. The zero-order valence-electron chi connectivity index (χ0n) is 20.2. The summed E-state index contributed by atoms with van der Waals surface area (Å²) < 4.78 is 0. The van der Waals surface area contributed by atoms with E-state index in [1.807, 2.05) is 13.1 Å². The first-order valence-electron chi connectivity index (χ1n) is 12.4. The molecule has 2 saturated heterocycles. The molecule has 3 heterocycles. The van der Waals surface area contributed by atoms with Gasteiger partial charge in [-0.2, -0.15) is 4.98 Å². The summed E-state index contributed by atoms with van der Waals surface area (Å²) >= 11 is 0. The maximum atomic E-state index is 4.77. The van der Waals surface area contributed by atoms with Crippen LogP contribution in [-0.2, 0) is 0 Å². The van der Waals surface area contributed by atoms with E-state index in [1.54, 1.807) is 0 Å². The van der Waals surface area contributed by atoms with Crippen molar-refractivity contribution in [1.29, 1.82) is 0 Å². The third-order valence-corrected chi connectivity index (χ3v) is 6.92. The number of anilines is 5. The Balaban J connectivity index is 1.26. The lowest BCUT2D eigenvalue weighted by molar-refractivity contribution is 0.313. The molecule has 0 saturated carbocycles. The van der Waals surface area contributed by atoms with Gasteiger partial charge in [0.1, 0.15) is 5.82 Å². The highest BCUT2D eigenvalue weighted by atomic mass is 15.2. The van der Waals surface area contributed by atoms with Gasteiger partial charge in [0.2, 0.25) is 5.95 Å². The van der Waals surface area contributed by atoms with Crippen LogP contribution in [0.25, 0.3) is 0 Å². The van der Waals surface area contributed by atoms with E-state index in [0.717, 1.165) is 62.0 Å². The van der Waals surface area contributed by atoms with Crippen LogP contribution in [0.3, 0.4) is 0 Å². The minimum absolute atomic E-state index is 0.593. The summed E-state index contributed by atoms with van der Waals surface area (Å²) in [4.78, 5) is 14.1. The van der Waals surface area contributed by atoms with Crippen LogP contribution in [0.4, 0.5) is 28.8 Å². The van der Waals surface area contributed by atoms with Gasteiger partial charge in [-0.3, -0.25) is 0 Å². The molecule has 0 amide bonds. The topological polar surface area (TPSA) is 68.4 Å². The number of rotatable bonds is 6. The standard InChI is InChI=1S/C27H35N7/c1-20-19-29-27(31-23-6-8-25(9-7-23)34-16-14-33(2)15-17-34)32-26(20)30-24-5-3-4-22(18-24)21-10-12-28-13-11-21/h3-9,18-19,21,28H,10-17H2,1-2H3,(H2,29,30,31,32). The van der Waals surface area contributed by atoms with Crippen molar-refractivity contribution in [3.8, 4) is 0 Å². The van der Waals surface area contributed by atoms with Crippen molar-refractivity contribution in [2.75, 3.05) is 61.8 Å². The van der Waals surface area contributed by atoms with E-state index in [4.69, 9.17) is 4.98 Å². The van der Waals surface area contributed by atoms with Gasteiger partial charge in [0, 0.05) is 55.0 Å². The van der Waals surface area contributed by atoms with Gasteiger partial charge >= 0.3 is 0 Å². The average molecular weight is 458 g/mol. The van der Waals surface area contributed by atoms with Gasteiger partial charge in [0.25, 0.3) is 0 Å². The van der Waals surface area contributed by atoms with Crippen LogP contribution in [0.1, 0.15) is 29.9 Å². The molecule has 0 bridgehead atoms. The Kier molecular flexibility index (Phi) is 6.92. The number of nitrogens with one attached hydrogen (secondary N) is 3. The molecule has 1 aromatic heterocycles. The highest BCUT2D eigenvalue weighted by molar-refractivity contribution is 5.64. The van der Waals surface area contributed by atoms with Crippen LogP contribution >= 0.6 is 0 Å². The molecule has 178 valence electrons. The van der Waals surface area contributed by atoms with Crippen LogP contribution in [0, 0.1) is 6.92 Å². The molecule has 0 atom stereocenters. The summed E-state index contributed by atoms with van der Waals surface area (Å²) in [5.41, 5.74) is 5.74. The smallest absolute Gasteiger partial charge is 0.229 e. The molecule has 2 aliphatic heterocycles. The number of piperazine rings is 1. The Hall–Kier alpha value is -3.16. The second-order valence-corrected chi connectivity index (χ2v) is 9.46. The Morgan fingerprint density at radius 2 is 1.68 bits per heavy atom. The molecule has 5 rings (SSSR count). The van der Waals surface area contributed by atoms with Gasteiger partial charge in [-0.15, -0.1) is 0 Å². The zero-order valence-corrected chi connectivity index (χ0v) is 20.2. The number of aryl methyl sites for hydroxylation is 1. The van der Waals surface area contributed by atoms with E-state index < -0.39 is 0 Å². The molecule has 3 aromatic rings. The second kappa shape index (κ2) is 10.4. The van der Waals surface area contributed by atoms with Crippen molar-refractivity contribution in [2.24, 2.45) is 0 Å². The molecule has 7 nitrogen and oxygen atoms in total. The van der Waals surface area contributed by atoms with Gasteiger partial charge in [-0.05, 0) is 87.8 Å². The molecule has 34 heavy (non-hydrogen) atoms. The van der Waals surface area contributed by atoms with Gasteiger partial charge < -0.3 is 25.8 Å². The normalized spacial score (nSPS) is 17.5. The number of nitrogens with zero attached hydrogens (tertiary/aromatic N) is 4. The average Bonchev–Trinajstić information content (AvgIpc) is 2.88. The van der Waals surface area contributed by atoms with Crippen LogP contribution in [0.15, 0.2) is 54.7 Å². The quantitative estimate of drug-likeness (QED) is 0.504. The SMILES string of the molecule is Cc1cnc(Nc2ccc(N3CCN(C)CC3)cc2)nc1Nc1cccc(C2CCNCC2)c1. The summed E-state index contributed by atoms with van der Waals surface area (Å²) in [6.07, 6.45) is 4.25. The van der Waals surface area contributed by atoms with Gasteiger partial charge in [0.05, 0.1) is 0 Å². The van der Waals surface area contributed by atoms with Gasteiger partial charge in [-0.25, -0.2) is 4.98 Å². The van der Waals surface area contributed by atoms with E-state index in [9.17, 15) is 0 Å². The lowest BCUT2D eigenvalue weighted by Crippen LogP contribution is -2.44. The lowest BCUT2D eigenvalue weighted by Gasteiger charge is -2.34. The van der Waals surface area contributed by atoms with E-state index in [2.05, 4.69) is 86.3 Å². The van der Waals surface area contributed by atoms with Crippen molar-refractivity contribution in [3.63, 3.8) is 0 Å². The molecule has 3 N–H and O–H groups in total. The predicted molar refractivity (Wildman–Crippen MR) is 141 cm³/mol. The van der Waals surface area contributed by atoms with Gasteiger partial charge in [0.15, 0.2) is 0 Å². The predicted octanol–water partition coefficient (Wildman–Crippen LogP) is 4.49. The van der Waals surface area contributed by atoms with Crippen LogP contribution in [0.5, 0.6) is 0 Å². The molecule has 0 unspecified atom stereocenters. The Labute approximate surface area is 202 Å². The maximum Gasteiger partial charge on any atom is 0.229 e. The molecule has 0 radical (unpaired) electrons. The molecule has 2 fully saturated rings. The first kappa shape index (κ1) is 22.6. The number of aromatic nitrogens is 2. The third kappa shape index (κ3) is 5.48. The monoisotopic (exact) mass is 457 g/mol. The second-order valence-electron chi connectivity index (χ2n) is 9.46. The largest absolute Gasteiger partial charge is 0.369 e. The molecule has 7 heteroatoms. The summed E-state index contributed by atoms with van der Waals surface area (Å²) in [5.74, 6) is 2.05. The number of hydrogen-bond acceptors (Lipinski definition) is 7. The minimum atomic E-state index is 0.593. The molecule has 0 spiro atoms. The van der Waals surface area contributed by atoms with E-state index in [1.165, 1.54) is 24.1 Å². The van der Waals surface area contributed by atoms with Crippen molar-refractivity contribution in [2.45, 2.75) is 25.7 Å². The first-order chi connectivity index (χ1) is 16.6. The number of benzene rings is 2. The fourth-order valence-corrected chi connectivity index (χ4v) is 4.74. The summed E-state index contributed by atoms with van der Waals surface area (Å²) in [6, 6.07) is 17.3. The zero-order chi connectivity index (χ0) is 23.3. The first-order valence-corrected chi connectivity index (χ1v) is 12.4. The van der Waals surface area contributed by atoms with Crippen molar-refractivity contribution < 1.29 is 0 Å². The highest BCUT2D eigenvalue weighted by Crippen LogP contribution is 2.29. The summed E-state index contributed by atoms with van der Waals surface area (Å²) in [6.45, 7) is 8.57. The Morgan fingerprint density at radius 1 is 0.912 bits per heavy atom. The molecule has 2 aromatic carbocycles. The summed E-state index contributed by atoms with van der Waals surface area (Å²) in [7, 11) is 2.18. The number of piperidine rings is 1. The minimum Gasteiger partial charge on any atom is -0.369 e. The van der Waals surface area contributed by atoms with Crippen molar-refractivity contribution in [1.82, 2.24) is 20.2 Å². The van der Waals surface area contributed by atoms with E-state index in [-0.39, 0.29) is 0 Å². The fraction of sp³-hybridized carbons (Fsp3) is 0.407. The highest BCUT2D eigenvalue weighted by Gasteiger charge is 2.16. The molecule has 2 aliphatic rings. The lowest BCUT2D eigenvalue weighted by atomic mass is 9.90. The van der Waals surface area contributed by atoms with Crippen LogP contribution < -0.4 is 20.9 Å². The Morgan fingerprint density at radius 3 is 2.44 bits per heavy atom. The van der Waals surface area contributed by atoms with Crippen molar-refractivity contribution >= 4 is 28.8 Å². The van der Waals surface area contributed by atoms with E-state index in [0.29, 0.717) is 11.9 Å². The number of hydrogen-bond donors (Lipinski definition) is 3. The molecular weight excluding hydrogens is 422 g/mol. The maximum absolute atomic E-state index is 4.77. The summed E-state index contributed by atoms with van der Waals surface area (Å²) in [5, 5.41) is 10.3.